The van der Waals surface area contributed by atoms with Gasteiger partial charge >= 0.3 is 0 Å². The van der Waals surface area contributed by atoms with E-state index in [2.05, 4.69) is 10.2 Å². The third-order valence-corrected chi connectivity index (χ3v) is 5.81. The quantitative estimate of drug-likeness (QED) is 0.443. The number of hydrogen-bond acceptors (Lipinski definition) is 7. The van der Waals surface area contributed by atoms with E-state index in [-0.39, 0.29) is 10.5 Å². The van der Waals surface area contributed by atoms with Crippen LogP contribution >= 0.6 is 11.8 Å². The molecule has 31 heavy (non-hydrogen) atoms. The summed E-state index contributed by atoms with van der Waals surface area (Å²) in [4.78, 5) is 13.2. The van der Waals surface area contributed by atoms with Gasteiger partial charge in [0.1, 0.15) is 11.6 Å². The number of anilines is 1. The van der Waals surface area contributed by atoms with Crippen molar-refractivity contribution in [2.45, 2.75) is 16.6 Å². The Morgan fingerprint density at radius 3 is 2.45 bits per heavy atom. The molecule has 4 rings (SSSR count). The minimum absolute atomic E-state index is 0.308. The Morgan fingerprint density at radius 2 is 1.81 bits per heavy atom. The number of aromatic nitrogens is 3. The highest BCUT2D eigenvalue weighted by Gasteiger charge is 2.24. The van der Waals surface area contributed by atoms with Crippen LogP contribution in [0.4, 0.5) is 14.7 Å². The molecule has 1 aliphatic rings. The number of morpholine rings is 1. The summed E-state index contributed by atoms with van der Waals surface area (Å²) in [6.07, 6.45) is 0. The molecule has 0 spiro atoms. The van der Waals surface area contributed by atoms with E-state index in [9.17, 15) is 13.6 Å². The molecule has 2 aromatic carbocycles. The summed E-state index contributed by atoms with van der Waals surface area (Å²) in [6.45, 7) is 2.78. The van der Waals surface area contributed by atoms with Gasteiger partial charge in [0.2, 0.25) is 5.95 Å². The second kappa shape index (κ2) is 9.41. The first-order valence-electron chi connectivity index (χ1n) is 9.48. The van der Waals surface area contributed by atoms with Crippen molar-refractivity contribution in [2.75, 3.05) is 31.2 Å². The van der Waals surface area contributed by atoms with Gasteiger partial charge in [-0.3, -0.25) is 14.6 Å². The van der Waals surface area contributed by atoms with E-state index in [1.54, 1.807) is 4.57 Å². The average Bonchev–Trinajstić information content (AvgIpc) is 3.18. The van der Waals surface area contributed by atoms with E-state index >= 15 is 0 Å². The largest absolute Gasteiger partial charge is 0.378 e. The fourth-order valence-electron chi connectivity index (χ4n) is 3.20. The molecule has 0 radical (unpaired) electrons. The number of carbonyl (C=O) groups excluding carboxylic acids is 1. The summed E-state index contributed by atoms with van der Waals surface area (Å²) >= 11 is 0.787. The highest BCUT2D eigenvalue weighted by molar-refractivity contribution is 7.99. The van der Waals surface area contributed by atoms with Crippen LogP contribution in [0.2, 0.25) is 0 Å². The molecule has 0 unspecified atom stereocenters. The van der Waals surface area contributed by atoms with Gasteiger partial charge in [0.15, 0.2) is 5.16 Å². The molecule has 3 aromatic rings. The predicted octanol–water partition coefficient (Wildman–Crippen LogP) is 2.71. The number of halogens is 2. The fourth-order valence-corrected chi connectivity index (χ4v) is 4.04. The lowest BCUT2D eigenvalue weighted by atomic mass is 10.2. The van der Waals surface area contributed by atoms with Crippen molar-refractivity contribution in [3.8, 4) is 0 Å². The first kappa shape index (κ1) is 21.2. The zero-order valence-electron chi connectivity index (χ0n) is 16.3. The molecule has 2 heterocycles. The van der Waals surface area contributed by atoms with Crippen LogP contribution in [0.25, 0.3) is 0 Å². The minimum atomic E-state index is -1.00. The lowest BCUT2D eigenvalue weighted by Gasteiger charge is -2.28. The van der Waals surface area contributed by atoms with Crippen LogP contribution in [0.15, 0.2) is 52.5 Å². The number of nitrogens with one attached hydrogen (secondary N) is 1. The number of carbonyl (C=O) groups is 1. The van der Waals surface area contributed by atoms with E-state index in [4.69, 9.17) is 9.94 Å². The fraction of sp³-hybridized carbons (Fsp3) is 0.250. The van der Waals surface area contributed by atoms with Crippen LogP contribution in [-0.4, -0.2) is 52.2 Å². The Kier molecular flexibility index (Phi) is 6.44. The maximum atomic E-state index is 14.6. The molecule has 2 N–H and O–H groups in total. The number of hydrogen-bond donors (Lipinski definition) is 2. The van der Waals surface area contributed by atoms with Crippen LogP contribution in [-0.2, 0) is 11.3 Å². The van der Waals surface area contributed by atoms with Crippen molar-refractivity contribution in [3.05, 3.63) is 65.2 Å². The molecule has 1 amide bonds. The van der Waals surface area contributed by atoms with Crippen molar-refractivity contribution < 1.29 is 23.5 Å². The van der Waals surface area contributed by atoms with Gasteiger partial charge in [-0.25, -0.2) is 14.3 Å². The van der Waals surface area contributed by atoms with Gasteiger partial charge in [0, 0.05) is 18.7 Å². The van der Waals surface area contributed by atoms with E-state index in [1.807, 2.05) is 35.2 Å². The molecule has 11 heteroatoms. The van der Waals surface area contributed by atoms with E-state index in [0.29, 0.717) is 44.0 Å². The van der Waals surface area contributed by atoms with E-state index in [0.717, 1.165) is 29.5 Å². The lowest BCUT2D eigenvalue weighted by molar-refractivity contribution is 0.0705. The monoisotopic (exact) mass is 447 g/mol. The Hall–Kier alpha value is -3.02. The van der Waals surface area contributed by atoms with Gasteiger partial charge in [-0.05, 0) is 29.5 Å². The summed E-state index contributed by atoms with van der Waals surface area (Å²) in [5.74, 6) is -2.29. The van der Waals surface area contributed by atoms with Gasteiger partial charge in [0.05, 0.1) is 24.7 Å². The Labute approximate surface area is 180 Å². The Bertz CT molecular complexity index is 1050. The third kappa shape index (κ3) is 4.68. The average molecular weight is 447 g/mol. The van der Waals surface area contributed by atoms with Crippen LogP contribution < -0.4 is 10.4 Å². The molecule has 1 aromatic heterocycles. The molecule has 1 saturated heterocycles. The molecule has 0 bridgehead atoms. The van der Waals surface area contributed by atoms with Gasteiger partial charge in [-0.1, -0.05) is 30.3 Å². The maximum absolute atomic E-state index is 14.6. The smallest absolute Gasteiger partial charge is 0.274 e. The third-order valence-electron chi connectivity index (χ3n) is 4.73. The van der Waals surface area contributed by atoms with Crippen molar-refractivity contribution in [2.24, 2.45) is 0 Å². The first-order chi connectivity index (χ1) is 15.1. The highest BCUT2D eigenvalue weighted by Crippen LogP contribution is 2.34. The highest BCUT2D eigenvalue weighted by atomic mass is 32.2. The van der Waals surface area contributed by atoms with Gasteiger partial charge in [-0.2, -0.15) is 0 Å². The number of amides is 1. The summed E-state index contributed by atoms with van der Waals surface area (Å²) in [5, 5.41) is 17.5. The number of ether oxygens (including phenoxy) is 1. The molecule has 1 aliphatic heterocycles. The zero-order chi connectivity index (χ0) is 21.8. The molecular formula is C20H19F2N5O3S. The molecule has 1 fully saturated rings. The zero-order valence-corrected chi connectivity index (χ0v) is 17.1. The second-order valence-corrected chi connectivity index (χ2v) is 7.74. The normalized spacial score (nSPS) is 14.0. The van der Waals surface area contributed by atoms with Crippen LogP contribution in [0.1, 0.15) is 15.9 Å². The molecule has 162 valence electrons. The molecule has 8 nitrogen and oxygen atoms in total. The van der Waals surface area contributed by atoms with Gasteiger partial charge in [-0.15, -0.1) is 10.2 Å². The minimum Gasteiger partial charge on any atom is -0.378 e. The molecular weight excluding hydrogens is 428 g/mol. The topological polar surface area (TPSA) is 92.5 Å². The van der Waals surface area contributed by atoms with Crippen molar-refractivity contribution in [3.63, 3.8) is 0 Å². The number of benzene rings is 2. The lowest BCUT2D eigenvalue weighted by Crippen LogP contribution is -2.38. The Balaban J connectivity index is 1.69. The number of rotatable bonds is 6. The standard InChI is InChI=1S/C20H19F2N5O3S/c21-15-10-14(18(28)25-29)11-16(22)17(15)31-20-24-23-19(26-6-8-30-9-7-26)27(20)12-13-4-2-1-3-5-13/h1-5,10-11,29H,6-9,12H2,(H,25,28). The summed E-state index contributed by atoms with van der Waals surface area (Å²) < 4.78 is 36.4. The van der Waals surface area contributed by atoms with Crippen LogP contribution in [0.5, 0.6) is 0 Å². The predicted molar refractivity (Wildman–Crippen MR) is 108 cm³/mol. The number of hydroxylamine groups is 1. The summed E-state index contributed by atoms with van der Waals surface area (Å²) in [7, 11) is 0. The maximum Gasteiger partial charge on any atom is 0.274 e. The van der Waals surface area contributed by atoms with E-state index in [1.165, 1.54) is 5.48 Å². The van der Waals surface area contributed by atoms with Gasteiger partial charge in [0.25, 0.3) is 5.91 Å². The Morgan fingerprint density at radius 1 is 1.13 bits per heavy atom. The van der Waals surface area contributed by atoms with Crippen LogP contribution in [0, 0.1) is 11.6 Å². The molecule has 0 saturated carbocycles. The van der Waals surface area contributed by atoms with Crippen LogP contribution in [0.3, 0.4) is 0 Å². The van der Waals surface area contributed by atoms with Crippen molar-refractivity contribution in [1.82, 2.24) is 20.2 Å². The first-order valence-corrected chi connectivity index (χ1v) is 10.3. The number of nitrogens with zero attached hydrogens (tertiary/aromatic N) is 4. The van der Waals surface area contributed by atoms with Gasteiger partial charge < -0.3 is 9.64 Å². The molecule has 0 aliphatic carbocycles. The van der Waals surface area contributed by atoms with Crippen molar-refractivity contribution >= 4 is 23.6 Å². The molecule has 0 atom stereocenters. The summed E-state index contributed by atoms with van der Waals surface area (Å²) in [6, 6.07) is 11.3. The summed E-state index contributed by atoms with van der Waals surface area (Å²) in [5.41, 5.74) is 2.01. The van der Waals surface area contributed by atoms with Crippen molar-refractivity contribution in [1.29, 1.82) is 0 Å². The second-order valence-electron chi connectivity index (χ2n) is 6.77. The van der Waals surface area contributed by atoms with E-state index < -0.39 is 17.5 Å². The SMILES string of the molecule is O=C(NO)c1cc(F)c(Sc2nnc(N3CCOCC3)n2Cc2ccccc2)c(F)c1.